The Morgan fingerprint density at radius 1 is 1.07 bits per heavy atom. The molecule has 0 amide bonds. The second-order valence-corrected chi connectivity index (χ2v) is 7.67. The SMILES string of the molecule is COCc1nnc2n1Cc1c(COc3ccc(C)cc3)ncn1-c1ccc(Cl)cc1-2. The molecule has 0 atom stereocenters. The van der Waals surface area contributed by atoms with Gasteiger partial charge in [0.15, 0.2) is 11.6 Å². The van der Waals surface area contributed by atoms with Crippen molar-refractivity contribution in [2.75, 3.05) is 7.11 Å². The first kappa shape index (κ1) is 18.8. The second kappa shape index (κ2) is 7.59. The molecule has 0 fully saturated rings. The third-order valence-electron chi connectivity index (χ3n) is 5.22. The number of imidazole rings is 1. The highest BCUT2D eigenvalue weighted by Gasteiger charge is 2.26. The smallest absolute Gasteiger partial charge is 0.166 e. The van der Waals surface area contributed by atoms with Gasteiger partial charge in [0, 0.05) is 17.7 Å². The number of benzene rings is 2. The lowest BCUT2D eigenvalue weighted by Crippen LogP contribution is -2.11. The molecule has 0 saturated heterocycles. The van der Waals surface area contributed by atoms with Gasteiger partial charge in [-0.25, -0.2) is 4.98 Å². The molecule has 0 spiro atoms. The fourth-order valence-electron chi connectivity index (χ4n) is 3.68. The molecule has 0 bridgehead atoms. The number of aromatic nitrogens is 5. The lowest BCUT2D eigenvalue weighted by atomic mass is 10.1. The summed E-state index contributed by atoms with van der Waals surface area (Å²) in [6.07, 6.45) is 1.83. The van der Waals surface area contributed by atoms with Gasteiger partial charge in [-0.3, -0.25) is 0 Å². The molecular weight excluding hydrogens is 402 g/mol. The normalized spacial score (nSPS) is 12.1. The van der Waals surface area contributed by atoms with E-state index in [0.29, 0.717) is 24.8 Å². The number of methoxy groups -OCH3 is 1. The zero-order chi connectivity index (χ0) is 20.7. The van der Waals surface area contributed by atoms with Crippen molar-refractivity contribution in [1.82, 2.24) is 24.3 Å². The summed E-state index contributed by atoms with van der Waals surface area (Å²) in [5, 5.41) is 9.39. The van der Waals surface area contributed by atoms with Crippen molar-refractivity contribution in [2.45, 2.75) is 26.7 Å². The second-order valence-electron chi connectivity index (χ2n) is 7.23. The summed E-state index contributed by atoms with van der Waals surface area (Å²) < 4.78 is 15.5. The molecule has 8 heteroatoms. The summed E-state index contributed by atoms with van der Waals surface area (Å²) in [6, 6.07) is 13.8. The minimum absolute atomic E-state index is 0.366. The van der Waals surface area contributed by atoms with Crippen LogP contribution in [0, 0.1) is 6.92 Å². The summed E-state index contributed by atoms with van der Waals surface area (Å²) in [7, 11) is 1.65. The average Bonchev–Trinajstić information content (AvgIpc) is 3.29. The topological polar surface area (TPSA) is 67.0 Å². The molecule has 30 heavy (non-hydrogen) atoms. The van der Waals surface area contributed by atoms with Crippen LogP contribution in [0.25, 0.3) is 17.1 Å². The number of hydrogen-bond donors (Lipinski definition) is 0. The zero-order valence-electron chi connectivity index (χ0n) is 16.7. The Labute approximate surface area is 178 Å². The molecular formula is C22H20ClN5O2. The maximum atomic E-state index is 6.30. The molecule has 2 aromatic heterocycles. The van der Waals surface area contributed by atoms with Crippen LogP contribution in [0.15, 0.2) is 48.8 Å². The summed E-state index contributed by atoms with van der Waals surface area (Å²) in [5.74, 6) is 2.32. The van der Waals surface area contributed by atoms with Crippen molar-refractivity contribution in [2.24, 2.45) is 0 Å². The van der Waals surface area contributed by atoms with Crippen LogP contribution >= 0.6 is 11.6 Å². The Balaban J connectivity index is 1.58. The van der Waals surface area contributed by atoms with Crippen molar-refractivity contribution < 1.29 is 9.47 Å². The van der Waals surface area contributed by atoms with E-state index in [4.69, 9.17) is 21.1 Å². The number of hydrogen-bond acceptors (Lipinski definition) is 5. The van der Waals surface area contributed by atoms with Gasteiger partial charge in [-0.15, -0.1) is 10.2 Å². The van der Waals surface area contributed by atoms with Crippen molar-refractivity contribution in [3.63, 3.8) is 0 Å². The number of nitrogens with zero attached hydrogens (tertiary/aromatic N) is 5. The van der Waals surface area contributed by atoms with Gasteiger partial charge in [-0.05, 0) is 37.3 Å². The van der Waals surface area contributed by atoms with Gasteiger partial charge < -0.3 is 18.6 Å². The lowest BCUT2D eigenvalue weighted by molar-refractivity contribution is 0.174. The van der Waals surface area contributed by atoms with Gasteiger partial charge in [0.25, 0.3) is 0 Å². The molecule has 4 aromatic rings. The summed E-state index contributed by atoms with van der Waals surface area (Å²) in [5.41, 5.74) is 4.93. The molecule has 152 valence electrons. The summed E-state index contributed by atoms with van der Waals surface area (Å²) in [6.45, 7) is 3.34. The number of rotatable bonds is 5. The summed E-state index contributed by atoms with van der Waals surface area (Å²) >= 11 is 6.30. The van der Waals surface area contributed by atoms with Gasteiger partial charge in [-0.1, -0.05) is 29.3 Å². The zero-order valence-corrected chi connectivity index (χ0v) is 17.4. The van der Waals surface area contributed by atoms with Crippen LogP contribution < -0.4 is 4.74 Å². The Morgan fingerprint density at radius 2 is 1.90 bits per heavy atom. The quantitative estimate of drug-likeness (QED) is 0.426. The van der Waals surface area contributed by atoms with Crippen LogP contribution in [0.3, 0.4) is 0 Å². The van der Waals surface area contributed by atoms with Crippen molar-refractivity contribution in [3.05, 3.63) is 76.6 Å². The average molecular weight is 422 g/mol. The molecule has 1 aliphatic heterocycles. The molecule has 0 aliphatic carbocycles. The fourth-order valence-corrected chi connectivity index (χ4v) is 3.85. The van der Waals surface area contributed by atoms with E-state index >= 15 is 0 Å². The van der Waals surface area contributed by atoms with Crippen LogP contribution in [-0.2, 0) is 24.5 Å². The van der Waals surface area contributed by atoms with E-state index in [1.807, 2.05) is 48.8 Å². The van der Waals surface area contributed by atoms with E-state index in [1.165, 1.54) is 5.56 Å². The first-order valence-corrected chi connectivity index (χ1v) is 9.97. The Morgan fingerprint density at radius 3 is 2.70 bits per heavy atom. The first-order valence-electron chi connectivity index (χ1n) is 9.60. The predicted molar refractivity (Wildman–Crippen MR) is 113 cm³/mol. The van der Waals surface area contributed by atoms with Crippen LogP contribution in [0.5, 0.6) is 5.75 Å². The molecule has 5 rings (SSSR count). The maximum absolute atomic E-state index is 6.30. The monoisotopic (exact) mass is 421 g/mol. The van der Waals surface area contributed by atoms with E-state index in [9.17, 15) is 0 Å². The molecule has 2 aromatic carbocycles. The Bertz CT molecular complexity index is 1210. The van der Waals surface area contributed by atoms with Crippen LogP contribution in [0.4, 0.5) is 0 Å². The summed E-state index contributed by atoms with van der Waals surface area (Å²) in [4.78, 5) is 4.65. The molecule has 0 N–H and O–H groups in total. The Hall–Kier alpha value is -3.16. The highest BCUT2D eigenvalue weighted by molar-refractivity contribution is 6.31. The van der Waals surface area contributed by atoms with Crippen LogP contribution in [-0.4, -0.2) is 31.4 Å². The van der Waals surface area contributed by atoms with E-state index in [2.05, 4.69) is 31.2 Å². The third kappa shape index (κ3) is 3.26. The molecule has 0 saturated carbocycles. The standard InChI is InChI=1S/C22H20ClN5O2/c1-14-3-6-16(7-4-14)30-11-18-20-10-27-21(12-29-2)25-26-22(27)17-9-15(23)5-8-19(17)28(20)13-24-18/h3-9,13H,10-12H2,1-2H3. The van der Waals surface area contributed by atoms with Gasteiger partial charge in [0.1, 0.15) is 24.7 Å². The molecule has 1 aliphatic rings. The molecule has 0 radical (unpaired) electrons. The largest absolute Gasteiger partial charge is 0.487 e. The molecule has 7 nitrogen and oxygen atoms in total. The predicted octanol–water partition coefficient (Wildman–Crippen LogP) is 4.18. The van der Waals surface area contributed by atoms with Crippen molar-refractivity contribution in [1.29, 1.82) is 0 Å². The minimum Gasteiger partial charge on any atom is -0.487 e. The molecule has 3 heterocycles. The first-order chi connectivity index (χ1) is 14.6. The number of halogens is 1. The van der Waals surface area contributed by atoms with E-state index < -0.39 is 0 Å². The minimum atomic E-state index is 0.366. The van der Waals surface area contributed by atoms with Crippen molar-refractivity contribution >= 4 is 11.6 Å². The molecule has 0 unspecified atom stereocenters. The number of aryl methyl sites for hydroxylation is 1. The number of ether oxygens (including phenoxy) is 2. The third-order valence-corrected chi connectivity index (χ3v) is 5.45. The van der Waals surface area contributed by atoms with Gasteiger partial charge in [0.2, 0.25) is 0 Å². The fraction of sp³-hybridized carbons (Fsp3) is 0.227. The highest BCUT2D eigenvalue weighted by Crippen LogP contribution is 2.34. The Kier molecular flexibility index (Phi) is 4.77. The van der Waals surface area contributed by atoms with E-state index in [0.717, 1.165) is 40.0 Å². The van der Waals surface area contributed by atoms with Gasteiger partial charge in [-0.2, -0.15) is 0 Å². The number of fused-ring (bicyclic) bond motifs is 5. The lowest BCUT2D eigenvalue weighted by Gasteiger charge is -2.11. The van der Waals surface area contributed by atoms with Gasteiger partial charge in [0.05, 0.1) is 24.3 Å². The highest BCUT2D eigenvalue weighted by atomic mass is 35.5. The van der Waals surface area contributed by atoms with Crippen LogP contribution in [0.1, 0.15) is 22.8 Å². The van der Waals surface area contributed by atoms with Crippen molar-refractivity contribution in [3.8, 4) is 22.8 Å². The van der Waals surface area contributed by atoms with Crippen LogP contribution in [0.2, 0.25) is 5.02 Å². The van der Waals surface area contributed by atoms with Gasteiger partial charge >= 0.3 is 0 Å². The van der Waals surface area contributed by atoms with E-state index in [-0.39, 0.29) is 0 Å². The van der Waals surface area contributed by atoms with E-state index in [1.54, 1.807) is 7.11 Å². The maximum Gasteiger partial charge on any atom is 0.166 e.